The lowest BCUT2D eigenvalue weighted by atomic mass is 9.93. The van der Waals surface area contributed by atoms with E-state index in [9.17, 15) is 0 Å². The molecule has 0 aliphatic heterocycles. The first kappa shape index (κ1) is 32.2. The number of hydrogen-bond acceptors (Lipinski definition) is 0. The fourth-order valence-corrected chi connectivity index (χ4v) is 5.72. The second-order valence-electron chi connectivity index (χ2n) is 11.5. The molecule has 0 bridgehead atoms. The maximum atomic E-state index is 3.71. The largest absolute Gasteiger partial charge is 0.257 e. The summed E-state index contributed by atoms with van der Waals surface area (Å²) in [7, 11) is 0. The van der Waals surface area contributed by atoms with E-state index in [1.807, 2.05) is 0 Å². The lowest BCUT2D eigenvalue weighted by Gasteiger charge is -2.17. The van der Waals surface area contributed by atoms with Crippen molar-refractivity contribution in [2.24, 2.45) is 0 Å². The highest BCUT2D eigenvalue weighted by molar-refractivity contribution is 4.90. The van der Waals surface area contributed by atoms with Crippen LogP contribution in [0.25, 0.3) is 0 Å². The van der Waals surface area contributed by atoms with E-state index in [2.05, 4.69) is 49.6 Å². The molecule has 2 nitrogen and oxygen atoms in total. The van der Waals surface area contributed by atoms with Gasteiger partial charge in [-0.15, -0.1) is 0 Å². The summed E-state index contributed by atoms with van der Waals surface area (Å²) in [4.78, 5) is 3.71. The fraction of sp³-hybridized carbons (Fsp3) is 0.909. The fourth-order valence-electron chi connectivity index (χ4n) is 5.72. The SMILES string of the molecule is CCCCCCCCCCCC(C)[n+]1cc[nH]c1C(CCCCCCC)CCCCCCCCC. The Hall–Kier alpha value is -0.790. The zero-order valence-corrected chi connectivity index (χ0v) is 24.7. The number of hydrogen-bond donors (Lipinski definition) is 1. The van der Waals surface area contributed by atoms with E-state index in [-0.39, 0.29) is 0 Å². The Morgan fingerprint density at radius 2 is 0.914 bits per heavy atom. The number of aromatic amines is 1. The molecule has 0 aromatic carbocycles. The Balaban J connectivity index is 2.45. The first-order valence-corrected chi connectivity index (χ1v) is 16.3. The topological polar surface area (TPSA) is 19.7 Å². The molecular formula is C33H65N2+. The maximum absolute atomic E-state index is 3.71. The molecule has 0 saturated carbocycles. The summed E-state index contributed by atoms with van der Waals surface area (Å²) in [5.74, 6) is 2.24. The standard InChI is InChI=1S/C33H64N2/c1-5-8-11-14-16-17-19-21-23-26-31(4)35-30-29-34-33(35)32(27-24-20-13-10-7-3)28-25-22-18-15-12-9-6-2/h29-32H,5-28H2,1-4H3/p+1. The molecule has 1 heterocycles. The average Bonchev–Trinajstić information content (AvgIpc) is 3.35. The van der Waals surface area contributed by atoms with Crippen molar-refractivity contribution in [3.63, 3.8) is 0 Å². The van der Waals surface area contributed by atoms with Gasteiger partial charge in [-0.05, 0) is 32.6 Å². The van der Waals surface area contributed by atoms with Crippen LogP contribution in [0.4, 0.5) is 0 Å². The zero-order valence-electron chi connectivity index (χ0n) is 24.7. The molecule has 1 rings (SSSR count). The third-order valence-electron chi connectivity index (χ3n) is 8.14. The number of H-pyrrole nitrogens is 1. The van der Waals surface area contributed by atoms with Gasteiger partial charge in [-0.3, -0.25) is 0 Å². The predicted molar refractivity (Wildman–Crippen MR) is 156 cm³/mol. The highest BCUT2D eigenvalue weighted by Crippen LogP contribution is 2.27. The van der Waals surface area contributed by atoms with Gasteiger partial charge in [-0.1, -0.05) is 149 Å². The van der Waals surface area contributed by atoms with Crippen molar-refractivity contribution in [1.82, 2.24) is 4.98 Å². The van der Waals surface area contributed by atoms with Crippen molar-refractivity contribution in [1.29, 1.82) is 0 Å². The summed E-state index contributed by atoms with van der Waals surface area (Å²) in [6.07, 6.45) is 38.3. The molecule has 1 aromatic heterocycles. The second-order valence-corrected chi connectivity index (χ2v) is 11.5. The van der Waals surface area contributed by atoms with Crippen LogP contribution in [0, 0.1) is 0 Å². The monoisotopic (exact) mass is 490 g/mol. The normalized spacial score (nSPS) is 13.4. The van der Waals surface area contributed by atoms with Gasteiger partial charge >= 0.3 is 0 Å². The van der Waals surface area contributed by atoms with Gasteiger partial charge in [0, 0.05) is 0 Å². The highest BCUT2D eigenvalue weighted by Gasteiger charge is 2.25. The number of imidazole rings is 1. The highest BCUT2D eigenvalue weighted by atomic mass is 15.1. The van der Waals surface area contributed by atoms with Crippen LogP contribution in [-0.4, -0.2) is 4.98 Å². The lowest BCUT2D eigenvalue weighted by Crippen LogP contribution is -2.41. The summed E-state index contributed by atoms with van der Waals surface area (Å²) in [5.41, 5.74) is 0. The number of nitrogens with zero attached hydrogens (tertiary/aromatic N) is 1. The van der Waals surface area contributed by atoms with Crippen LogP contribution in [0.1, 0.15) is 200 Å². The molecule has 2 unspecified atom stereocenters. The molecule has 1 N–H and O–H groups in total. The van der Waals surface area contributed by atoms with Gasteiger partial charge in [0.2, 0.25) is 0 Å². The zero-order chi connectivity index (χ0) is 25.4. The van der Waals surface area contributed by atoms with Crippen LogP contribution >= 0.6 is 0 Å². The van der Waals surface area contributed by atoms with E-state index in [1.54, 1.807) is 0 Å². The molecule has 0 aliphatic carbocycles. The minimum absolute atomic E-state index is 0.623. The van der Waals surface area contributed by atoms with Gasteiger partial charge in [-0.25, -0.2) is 9.55 Å². The van der Waals surface area contributed by atoms with Crippen LogP contribution in [0.2, 0.25) is 0 Å². The Kier molecular flexibility index (Phi) is 21.7. The molecule has 35 heavy (non-hydrogen) atoms. The Bertz CT molecular complexity index is 549. The van der Waals surface area contributed by atoms with Crippen molar-refractivity contribution in [2.45, 2.75) is 194 Å². The first-order valence-electron chi connectivity index (χ1n) is 16.3. The molecule has 2 heteroatoms. The molecule has 0 saturated heterocycles. The summed E-state index contributed by atoms with van der Waals surface area (Å²) in [6, 6.07) is 0.623. The number of nitrogens with one attached hydrogen (secondary N) is 1. The molecule has 0 aliphatic rings. The summed E-state index contributed by atoms with van der Waals surface area (Å²) < 4.78 is 2.61. The predicted octanol–water partition coefficient (Wildman–Crippen LogP) is 11.4. The lowest BCUT2D eigenvalue weighted by molar-refractivity contribution is -0.727. The Morgan fingerprint density at radius 1 is 0.543 bits per heavy atom. The van der Waals surface area contributed by atoms with Crippen LogP contribution in [0.3, 0.4) is 0 Å². The van der Waals surface area contributed by atoms with Crippen molar-refractivity contribution >= 4 is 0 Å². The van der Waals surface area contributed by atoms with E-state index in [4.69, 9.17) is 0 Å². The average molecular weight is 490 g/mol. The van der Waals surface area contributed by atoms with Gasteiger partial charge in [-0.2, -0.15) is 0 Å². The summed E-state index contributed by atoms with van der Waals surface area (Å²) in [6.45, 7) is 9.39. The second kappa shape index (κ2) is 23.6. The van der Waals surface area contributed by atoms with Gasteiger partial charge in [0.05, 0.1) is 12.0 Å². The molecule has 0 radical (unpaired) electrons. The van der Waals surface area contributed by atoms with Crippen molar-refractivity contribution < 1.29 is 4.57 Å². The number of aromatic nitrogens is 2. The van der Waals surface area contributed by atoms with Crippen molar-refractivity contribution in [3.05, 3.63) is 18.2 Å². The number of rotatable bonds is 26. The molecule has 0 fully saturated rings. The third-order valence-corrected chi connectivity index (χ3v) is 8.14. The molecule has 2 atom stereocenters. The van der Waals surface area contributed by atoms with Gasteiger partial charge in [0.15, 0.2) is 0 Å². The first-order chi connectivity index (χ1) is 17.2. The van der Waals surface area contributed by atoms with Gasteiger partial charge < -0.3 is 0 Å². The molecule has 0 amide bonds. The van der Waals surface area contributed by atoms with Crippen LogP contribution in [0.5, 0.6) is 0 Å². The number of unbranched alkanes of at least 4 members (excludes halogenated alkanes) is 18. The minimum Gasteiger partial charge on any atom is -0.247 e. The van der Waals surface area contributed by atoms with E-state index in [1.165, 1.54) is 160 Å². The maximum Gasteiger partial charge on any atom is 0.257 e. The van der Waals surface area contributed by atoms with Gasteiger partial charge in [0.25, 0.3) is 5.82 Å². The molecule has 0 spiro atoms. The molecule has 1 aromatic rings. The van der Waals surface area contributed by atoms with Crippen molar-refractivity contribution in [2.75, 3.05) is 0 Å². The quantitative estimate of drug-likeness (QED) is 0.0985. The molecule has 206 valence electrons. The minimum atomic E-state index is 0.623. The van der Waals surface area contributed by atoms with E-state index >= 15 is 0 Å². The Morgan fingerprint density at radius 3 is 1.34 bits per heavy atom. The van der Waals surface area contributed by atoms with Crippen LogP contribution < -0.4 is 4.57 Å². The van der Waals surface area contributed by atoms with Crippen LogP contribution in [0.15, 0.2) is 12.4 Å². The smallest absolute Gasteiger partial charge is 0.247 e. The Labute approximate surface area is 221 Å². The third kappa shape index (κ3) is 16.6. The van der Waals surface area contributed by atoms with Crippen molar-refractivity contribution in [3.8, 4) is 0 Å². The van der Waals surface area contributed by atoms with E-state index in [0.717, 1.165) is 0 Å². The van der Waals surface area contributed by atoms with E-state index in [0.29, 0.717) is 12.0 Å². The molecular weight excluding hydrogens is 424 g/mol. The summed E-state index contributed by atoms with van der Waals surface area (Å²) in [5, 5.41) is 0. The van der Waals surface area contributed by atoms with E-state index < -0.39 is 0 Å². The van der Waals surface area contributed by atoms with Gasteiger partial charge in [0.1, 0.15) is 12.4 Å². The summed E-state index contributed by atoms with van der Waals surface area (Å²) >= 11 is 0. The van der Waals surface area contributed by atoms with Crippen LogP contribution in [-0.2, 0) is 0 Å².